The Morgan fingerprint density at radius 1 is 1.24 bits per heavy atom. The zero-order chi connectivity index (χ0) is 24.0. The van der Waals surface area contributed by atoms with E-state index >= 15 is 0 Å². The fourth-order valence-electron chi connectivity index (χ4n) is 2.97. The van der Waals surface area contributed by atoms with E-state index < -0.39 is 30.1 Å². The van der Waals surface area contributed by atoms with E-state index in [0.717, 1.165) is 0 Å². The average Bonchev–Trinajstić information content (AvgIpc) is 2.79. The van der Waals surface area contributed by atoms with Crippen molar-refractivity contribution in [3.63, 3.8) is 0 Å². The van der Waals surface area contributed by atoms with Crippen molar-refractivity contribution in [3.05, 3.63) is 72.1 Å². The van der Waals surface area contributed by atoms with Gasteiger partial charge in [-0.1, -0.05) is 18.2 Å². The first-order chi connectivity index (χ1) is 15.8. The molecule has 1 saturated heterocycles. The molecule has 0 saturated carbocycles. The lowest BCUT2D eigenvalue weighted by atomic mass is 10.1. The van der Waals surface area contributed by atoms with Gasteiger partial charge in [-0.15, -0.1) is 6.58 Å². The summed E-state index contributed by atoms with van der Waals surface area (Å²) >= 11 is 5.05. The number of rotatable bonds is 8. The van der Waals surface area contributed by atoms with Gasteiger partial charge in [0.05, 0.1) is 7.11 Å². The minimum absolute atomic E-state index is 0.0124. The maximum atomic E-state index is 13.0. The average molecular weight is 469 g/mol. The second-order valence-corrected chi connectivity index (χ2v) is 7.13. The van der Waals surface area contributed by atoms with Gasteiger partial charge in [0.2, 0.25) is 0 Å². The summed E-state index contributed by atoms with van der Waals surface area (Å²) in [6.45, 7) is 3.31. The summed E-state index contributed by atoms with van der Waals surface area (Å²) in [4.78, 5) is 38.7. The fraction of sp³-hybridized carbons (Fsp3) is 0.130. The third kappa shape index (κ3) is 5.60. The summed E-state index contributed by atoms with van der Waals surface area (Å²) in [5.74, 6) is -1.73. The molecule has 3 amide bonds. The van der Waals surface area contributed by atoms with Crippen LogP contribution in [-0.4, -0.2) is 48.0 Å². The minimum Gasteiger partial charge on any atom is -0.493 e. The van der Waals surface area contributed by atoms with Crippen molar-refractivity contribution in [2.45, 2.75) is 0 Å². The Hall–Kier alpha value is -4.05. The number of hydrogen-bond donors (Lipinski definition) is 2. The van der Waals surface area contributed by atoms with Crippen LogP contribution in [0.25, 0.3) is 6.08 Å². The molecule has 2 aromatic carbocycles. The molecule has 1 aliphatic rings. The predicted octanol–water partition coefficient (Wildman–Crippen LogP) is 2.66. The summed E-state index contributed by atoms with van der Waals surface area (Å²) in [7, 11) is 1.42. The highest BCUT2D eigenvalue weighted by atomic mass is 32.1. The number of halogens is 1. The number of nitrogens with zero attached hydrogens (tertiary/aromatic N) is 1. The molecule has 1 fully saturated rings. The Bertz CT molecular complexity index is 1150. The van der Waals surface area contributed by atoms with E-state index in [2.05, 4.69) is 17.2 Å². The van der Waals surface area contributed by atoms with Crippen molar-refractivity contribution in [1.29, 1.82) is 0 Å². The van der Waals surface area contributed by atoms with Crippen LogP contribution in [0.1, 0.15) is 5.56 Å². The predicted molar refractivity (Wildman–Crippen MR) is 124 cm³/mol. The highest BCUT2D eigenvalue weighted by molar-refractivity contribution is 7.80. The normalized spacial score (nSPS) is 14.7. The molecule has 0 unspecified atom stereocenters. The highest BCUT2D eigenvalue weighted by Crippen LogP contribution is 2.33. The smallest absolute Gasteiger partial charge is 0.265 e. The third-order valence-electron chi connectivity index (χ3n) is 4.50. The van der Waals surface area contributed by atoms with Crippen molar-refractivity contribution in [2.75, 3.05) is 25.6 Å². The first-order valence-corrected chi connectivity index (χ1v) is 10.1. The first-order valence-electron chi connectivity index (χ1n) is 9.69. The SMILES string of the molecule is C=CCN1C(=O)/C(=C/c2cccc(OC)c2OCC(=O)Nc2ccc(F)cc2)C(=O)NC1=S. The van der Waals surface area contributed by atoms with Crippen molar-refractivity contribution < 1.29 is 28.2 Å². The van der Waals surface area contributed by atoms with Gasteiger partial charge < -0.3 is 14.8 Å². The molecule has 0 radical (unpaired) electrons. The van der Waals surface area contributed by atoms with Crippen LogP contribution in [0.3, 0.4) is 0 Å². The van der Waals surface area contributed by atoms with Crippen LogP contribution in [-0.2, 0) is 14.4 Å². The number of nitrogens with one attached hydrogen (secondary N) is 2. The highest BCUT2D eigenvalue weighted by Gasteiger charge is 2.33. The van der Waals surface area contributed by atoms with Crippen LogP contribution in [0.15, 0.2) is 60.7 Å². The molecule has 0 spiro atoms. The number of methoxy groups -OCH3 is 1. The molecule has 0 atom stereocenters. The molecule has 1 aliphatic heterocycles. The lowest BCUT2D eigenvalue weighted by Gasteiger charge is -2.28. The summed E-state index contributed by atoms with van der Waals surface area (Å²) in [6.07, 6.45) is 2.82. The topological polar surface area (TPSA) is 97.0 Å². The molecule has 0 aliphatic carbocycles. The molecule has 0 aromatic heterocycles. The van der Waals surface area contributed by atoms with Crippen LogP contribution < -0.4 is 20.1 Å². The molecule has 170 valence electrons. The molecule has 8 nitrogen and oxygen atoms in total. The maximum Gasteiger partial charge on any atom is 0.265 e. The second-order valence-electron chi connectivity index (χ2n) is 6.74. The molecule has 33 heavy (non-hydrogen) atoms. The maximum absolute atomic E-state index is 13.0. The quantitative estimate of drug-likeness (QED) is 0.267. The van der Waals surface area contributed by atoms with Gasteiger partial charge in [0.25, 0.3) is 17.7 Å². The zero-order valence-corrected chi connectivity index (χ0v) is 18.4. The molecular weight excluding hydrogens is 449 g/mol. The number of ether oxygens (including phenoxy) is 2. The number of carbonyl (C=O) groups is 3. The van der Waals surface area contributed by atoms with Gasteiger partial charge in [0.1, 0.15) is 11.4 Å². The van der Waals surface area contributed by atoms with Crippen LogP contribution in [0.5, 0.6) is 11.5 Å². The van der Waals surface area contributed by atoms with E-state index in [4.69, 9.17) is 21.7 Å². The minimum atomic E-state index is -0.659. The lowest BCUT2D eigenvalue weighted by molar-refractivity contribution is -0.128. The van der Waals surface area contributed by atoms with Crippen LogP contribution in [0, 0.1) is 5.82 Å². The van der Waals surface area contributed by atoms with Crippen molar-refractivity contribution in [2.24, 2.45) is 0 Å². The molecule has 10 heteroatoms. The number of thiocarbonyl (C=S) groups is 1. The van der Waals surface area contributed by atoms with E-state index in [1.807, 2.05) is 0 Å². The zero-order valence-electron chi connectivity index (χ0n) is 17.6. The molecular formula is C23H20FN3O5S. The molecule has 2 aromatic rings. The third-order valence-corrected chi connectivity index (χ3v) is 4.82. The van der Waals surface area contributed by atoms with Crippen LogP contribution >= 0.6 is 12.2 Å². The number of amides is 3. The van der Waals surface area contributed by atoms with Crippen LogP contribution in [0.4, 0.5) is 10.1 Å². The second kappa shape index (κ2) is 10.5. The van der Waals surface area contributed by atoms with Gasteiger partial charge in [-0.3, -0.25) is 24.6 Å². The Kier molecular flexibility index (Phi) is 7.52. The Balaban J connectivity index is 1.85. The van der Waals surface area contributed by atoms with E-state index in [1.54, 1.807) is 18.2 Å². The molecule has 0 bridgehead atoms. The van der Waals surface area contributed by atoms with Gasteiger partial charge in [-0.25, -0.2) is 4.39 Å². The fourth-order valence-corrected chi connectivity index (χ4v) is 3.22. The van der Waals surface area contributed by atoms with Crippen molar-refractivity contribution in [3.8, 4) is 11.5 Å². The van der Waals surface area contributed by atoms with E-state index in [9.17, 15) is 18.8 Å². The standard InChI is InChI=1S/C23H20FN3O5S/c1-3-11-27-22(30)17(21(29)26-23(27)33)12-14-5-4-6-18(31-2)20(14)32-13-19(28)25-16-9-7-15(24)8-10-16/h3-10,12H,1,11,13H2,2H3,(H,25,28)(H,26,29,33)/b17-12+. The van der Waals surface area contributed by atoms with Crippen molar-refractivity contribution in [1.82, 2.24) is 10.2 Å². The van der Waals surface area contributed by atoms with Gasteiger partial charge in [-0.05, 0) is 48.6 Å². The molecule has 2 N–H and O–H groups in total. The Morgan fingerprint density at radius 3 is 2.64 bits per heavy atom. The summed E-state index contributed by atoms with van der Waals surface area (Å²) < 4.78 is 24.0. The van der Waals surface area contributed by atoms with Crippen molar-refractivity contribution >= 4 is 46.8 Å². The molecule has 3 rings (SSSR count). The van der Waals surface area contributed by atoms with E-state index in [0.29, 0.717) is 17.0 Å². The molecule has 1 heterocycles. The lowest BCUT2D eigenvalue weighted by Crippen LogP contribution is -2.53. The Morgan fingerprint density at radius 2 is 1.97 bits per heavy atom. The first kappa shape index (κ1) is 23.6. The van der Waals surface area contributed by atoms with Gasteiger partial charge >= 0.3 is 0 Å². The van der Waals surface area contributed by atoms with Gasteiger partial charge in [-0.2, -0.15) is 0 Å². The summed E-state index contributed by atoms with van der Waals surface area (Å²) in [5.41, 5.74) is 0.572. The summed E-state index contributed by atoms with van der Waals surface area (Å²) in [5, 5.41) is 5.03. The number of anilines is 1. The van der Waals surface area contributed by atoms with Gasteiger partial charge in [0, 0.05) is 17.8 Å². The number of para-hydroxylation sites is 1. The largest absolute Gasteiger partial charge is 0.493 e. The van der Waals surface area contributed by atoms with E-state index in [1.165, 1.54) is 48.4 Å². The number of hydrogen-bond acceptors (Lipinski definition) is 6. The van der Waals surface area contributed by atoms with Crippen LogP contribution in [0.2, 0.25) is 0 Å². The monoisotopic (exact) mass is 469 g/mol. The Labute approximate surface area is 194 Å². The van der Waals surface area contributed by atoms with E-state index in [-0.39, 0.29) is 23.0 Å². The number of carbonyl (C=O) groups excluding carboxylic acids is 3. The number of benzene rings is 2. The van der Waals surface area contributed by atoms with Gasteiger partial charge in [0.15, 0.2) is 23.2 Å². The summed E-state index contributed by atoms with van der Waals surface area (Å²) in [6, 6.07) is 10.1.